The second-order valence-electron chi connectivity index (χ2n) is 11.6. The van der Waals surface area contributed by atoms with Gasteiger partial charge in [0, 0.05) is 19.3 Å². The molecule has 2 nitrogen and oxygen atoms in total. The van der Waals surface area contributed by atoms with Crippen molar-refractivity contribution in [1.82, 2.24) is 4.98 Å². The van der Waals surface area contributed by atoms with Crippen molar-refractivity contribution in [3.05, 3.63) is 107 Å². The van der Waals surface area contributed by atoms with Gasteiger partial charge < -0.3 is 4.90 Å². The molecule has 0 N–H and O–H groups in total. The highest BCUT2D eigenvalue weighted by atomic mass is 19.1. The van der Waals surface area contributed by atoms with Crippen LogP contribution < -0.4 is 4.90 Å². The van der Waals surface area contributed by atoms with E-state index in [1.54, 1.807) is 0 Å². The van der Waals surface area contributed by atoms with Crippen molar-refractivity contribution in [3.63, 3.8) is 0 Å². The van der Waals surface area contributed by atoms with Gasteiger partial charge in [0.2, 0.25) is 0 Å². The van der Waals surface area contributed by atoms with Crippen LogP contribution in [-0.4, -0.2) is 18.2 Å². The molecular weight excluding hydrogens is 479 g/mol. The Kier molecular flexibility index (Phi) is 13.4. The number of unbranched alkanes of at least 4 members (excludes halogenated alkanes) is 1. The number of halogens is 1. The van der Waals surface area contributed by atoms with Gasteiger partial charge in [-0.05, 0) is 84.7 Å². The molecule has 3 rings (SSSR count). The van der Waals surface area contributed by atoms with Gasteiger partial charge in [0.15, 0.2) is 0 Å². The van der Waals surface area contributed by atoms with Gasteiger partial charge in [-0.1, -0.05) is 108 Å². The number of benzene rings is 2. The lowest BCUT2D eigenvalue weighted by molar-refractivity contribution is 0.445. The Balaban J connectivity index is 0.00000170. The third-order valence-electron chi connectivity index (χ3n) is 7.47. The van der Waals surface area contributed by atoms with E-state index in [0.29, 0.717) is 5.92 Å². The fourth-order valence-electron chi connectivity index (χ4n) is 4.38. The molecule has 2 aromatic carbocycles. The van der Waals surface area contributed by atoms with Gasteiger partial charge in [0.1, 0.15) is 5.82 Å². The second kappa shape index (κ2) is 16.2. The van der Waals surface area contributed by atoms with E-state index < -0.39 is 0 Å². The van der Waals surface area contributed by atoms with Crippen molar-refractivity contribution in [1.29, 1.82) is 0 Å². The van der Waals surface area contributed by atoms with E-state index in [1.807, 2.05) is 0 Å². The van der Waals surface area contributed by atoms with E-state index in [1.165, 1.54) is 53.2 Å². The summed E-state index contributed by atoms with van der Waals surface area (Å²) in [5.41, 5.74) is 8.14. The van der Waals surface area contributed by atoms with Crippen LogP contribution in [0.25, 0.3) is 0 Å². The summed E-state index contributed by atoms with van der Waals surface area (Å²) in [6, 6.07) is 22.7. The number of aryl methyl sites for hydroxylation is 1. The summed E-state index contributed by atoms with van der Waals surface area (Å²) in [7, 11) is 0. The fourth-order valence-corrected chi connectivity index (χ4v) is 4.38. The number of allylic oxidation sites excluding steroid dienone is 1. The van der Waals surface area contributed by atoms with Gasteiger partial charge in [-0.2, -0.15) is 0 Å². The molecule has 0 fully saturated rings. The minimum Gasteiger partial charge on any atom is -0.352 e. The number of hydrogen-bond donors (Lipinski definition) is 0. The van der Waals surface area contributed by atoms with Crippen molar-refractivity contribution in [3.8, 4) is 0 Å². The van der Waals surface area contributed by atoms with Gasteiger partial charge in [0.25, 0.3) is 0 Å². The average Bonchev–Trinajstić information content (AvgIpc) is 2.91. The Morgan fingerprint density at radius 2 is 1.44 bits per heavy atom. The predicted octanol–water partition coefficient (Wildman–Crippen LogP) is 9.92. The monoisotopic (exact) mass is 530 g/mol. The van der Waals surface area contributed by atoms with Crippen LogP contribution in [0.15, 0.2) is 79.0 Å². The third-order valence-corrected chi connectivity index (χ3v) is 7.47. The summed E-state index contributed by atoms with van der Waals surface area (Å²) in [6.45, 7) is 20.6. The van der Waals surface area contributed by atoms with Gasteiger partial charge in [0.05, 0.1) is 6.67 Å². The van der Waals surface area contributed by atoms with Gasteiger partial charge >= 0.3 is 0 Å². The molecule has 0 saturated heterocycles. The summed E-state index contributed by atoms with van der Waals surface area (Å²) >= 11 is 0. The first-order valence-corrected chi connectivity index (χ1v) is 14.7. The second-order valence-corrected chi connectivity index (χ2v) is 11.6. The molecule has 3 aromatic rings. The molecule has 212 valence electrons. The predicted molar refractivity (Wildman–Crippen MR) is 169 cm³/mol. The number of pyridine rings is 1. The van der Waals surface area contributed by atoms with Crippen LogP contribution >= 0.6 is 0 Å². The molecule has 0 aliphatic rings. The van der Waals surface area contributed by atoms with Crippen LogP contribution in [0.4, 0.5) is 10.2 Å². The van der Waals surface area contributed by atoms with E-state index >= 15 is 0 Å². The molecule has 0 amide bonds. The van der Waals surface area contributed by atoms with Crippen molar-refractivity contribution in [2.24, 2.45) is 5.41 Å². The highest BCUT2D eigenvalue weighted by Crippen LogP contribution is 2.29. The van der Waals surface area contributed by atoms with Crippen LogP contribution in [0.2, 0.25) is 0 Å². The molecular formula is C36H51FN2. The summed E-state index contributed by atoms with van der Waals surface area (Å²) in [5.74, 6) is 1.61. The molecule has 0 radical (unpaired) electrons. The van der Waals surface area contributed by atoms with Crippen LogP contribution in [0.5, 0.6) is 0 Å². The summed E-state index contributed by atoms with van der Waals surface area (Å²) in [4.78, 5) is 7.30. The zero-order valence-corrected chi connectivity index (χ0v) is 25.6. The van der Waals surface area contributed by atoms with Crippen molar-refractivity contribution >= 4 is 5.82 Å². The first-order valence-electron chi connectivity index (χ1n) is 14.7. The van der Waals surface area contributed by atoms with Crippen molar-refractivity contribution < 1.29 is 4.39 Å². The highest BCUT2D eigenvalue weighted by molar-refractivity contribution is 5.41. The molecule has 0 aliphatic heterocycles. The maximum Gasteiger partial charge on any atom is 0.128 e. The fraction of sp³-hybridized carbons (Fsp3) is 0.472. The average molecular weight is 531 g/mol. The largest absolute Gasteiger partial charge is 0.352 e. The summed E-state index contributed by atoms with van der Waals surface area (Å²) < 4.78 is 10.3. The quantitative estimate of drug-likeness (QED) is 0.204. The van der Waals surface area contributed by atoms with E-state index in [0.717, 1.165) is 38.2 Å². The Hall–Kier alpha value is -2.94. The van der Waals surface area contributed by atoms with Crippen LogP contribution in [0.3, 0.4) is 0 Å². The SMILES string of the molecule is C=C(C)C(C)(C)Cc1ccc(CCN(Cc2ccc(C(C)C)cc2)c2ccc(CCCC)cn2)cc1.CCF. The molecule has 39 heavy (non-hydrogen) atoms. The van der Waals surface area contributed by atoms with Gasteiger partial charge in [-0.25, -0.2) is 4.98 Å². The Bertz CT molecular complexity index is 1100. The number of hydrogen-bond acceptors (Lipinski definition) is 2. The van der Waals surface area contributed by atoms with Gasteiger partial charge in [-0.3, -0.25) is 4.39 Å². The lowest BCUT2D eigenvalue weighted by Gasteiger charge is -2.26. The van der Waals surface area contributed by atoms with E-state index in [4.69, 9.17) is 4.98 Å². The lowest BCUT2D eigenvalue weighted by Crippen LogP contribution is -2.26. The number of anilines is 1. The molecule has 0 aliphatic carbocycles. The smallest absolute Gasteiger partial charge is 0.128 e. The maximum absolute atomic E-state index is 10.3. The summed E-state index contributed by atoms with van der Waals surface area (Å²) in [5, 5.41) is 0. The number of nitrogens with zero attached hydrogens (tertiary/aromatic N) is 2. The van der Waals surface area contributed by atoms with Crippen molar-refractivity contribution in [2.45, 2.75) is 93.0 Å². The molecule has 0 bridgehead atoms. The highest BCUT2D eigenvalue weighted by Gasteiger charge is 2.19. The van der Waals surface area contributed by atoms with Gasteiger partial charge in [-0.15, -0.1) is 0 Å². The molecule has 1 aromatic heterocycles. The molecule has 1 heterocycles. The normalized spacial score (nSPS) is 11.2. The van der Waals surface area contributed by atoms with Crippen LogP contribution in [0, 0.1) is 5.41 Å². The number of rotatable bonds is 13. The molecule has 0 atom stereocenters. The zero-order valence-electron chi connectivity index (χ0n) is 25.6. The maximum atomic E-state index is 10.3. The Labute approximate surface area is 238 Å². The Morgan fingerprint density at radius 1 is 0.872 bits per heavy atom. The molecule has 0 saturated carbocycles. The standard InChI is InChI=1S/C34H46N2.C2H5F/c1-8-9-10-30-17-20-33(35-24-30)36(25-31-15-18-32(19-16-31)26(2)3)22-21-28-11-13-29(14-12-28)23-34(6,7)27(4)5;1-2-3/h11-20,24,26H,4,8-10,21-23,25H2,1-3,5-7H3;2H2,1H3. The van der Waals surface area contributed by atoms with Crippen LogP contribution in [0.1, 0.15) is 95.0 Å². The minimum atomic E-state index is -0.250. The summed E-state index contributed by atoms with van der Waals surface area (Å²) in [6.07, 6.45) is 7.62. The van der Waals surface area contributed by atoms with Crippen LogP contribution in [-0.2, 0) is 25.8 Å². The topological polar surface area (TPSA) is 16.1 Å². The lowest BCUT2D eigenvalue weighted by atomic mass is 9.80. The zero-order chi connectivity index (χ0) is 28.8. The van der Waals surface area contributed by atoms with E-state index in [-0.39, 0.29) is 12.1 Å². The molecule has 3 heteroatoms. The number of aromatic nitrogens is 1. The first-order chi connectivity index (χ1) is 18.6. The molecule has 0 spiro atoms. The minimum absolute atomic E-state index is 0.123. The van der Waals surface area contributed by atoms with E-state index in [2.05, 4.69) is 120 Å². The first kappa shape index (κ1) is 32.3. The number of alkyl halides is 1. The van der Waals surface area contributed by atoms with E-state index in [9.17, 15) is 4.39 Å². The van der Waals surface area contributed by atoms with Crippen molar-refractivity contribution in [2.75, 3.05) is 18.1 Å². The Morgan fingerprint density at radius 3 is 1.95 bits per heavy atom. The third kappa shape index (κ3) is 11.0. The molecule has 0 unspecified atom stereocenters.